The minimum atomic E-state index is -0.982. The van der Waals surface area contributed by atoms with E-state index in [2.05, 4.69) is 12.2 Å². The van der Waals surface area contributed by atoms with Gasteiger partial charge in [0, 0.05) is 29.8 Å². The molecule has 114 valence electrons. The van der Waals surface area contributed by atoms with Crippen molar-refractivity contribution in [2.45, 2.75) is 25.5 Å². The van der Waals surface area contributed by atoms with Gasteiger partial charge in [-0.3, -0.25) is 0 Å². The average molecular weight is 308 g/mol. The maximum Gasteiger partial charge on any atom is 0.336 e. The number of carbonyl (C=O) groups is 2. The lowest BCUT2D eigenvalue weighted by atomic mass is 10.1. The van der Waals surface area contributed by atoms with Crippen LogP contribution in [0.5, 0.6) is 0 Å². The zero-order valence-electron chi connectivity index (χ0n) is 12.3. The summed E-state index contributed by atoms with van der Waals surface area (Å²) in [7, 11) is 0. The van der Waals surface area contributed by atoms with E-state index < -0.39 is 5.97 Å². The molecule has 0 aromatic heterocycles. The number of hydrogen-bond donors (Lipinski definition) is 2. The number of aromatic carboxylic acids is 1. The Hall–Kier alpha value is -1.69. The molecule has 1 unspecified atom stereocenters. The van der Waals surface area contributed by atoms with Gasteiger partial charge in [0.1, 0.15) is 0 Å². The Balaban J connectivity index is 2.05. The van der Waals surface area contributed by atoms with Gasteiger partial charge in [-0.2, -0.15) is 11.8 Å². The largest absolute Gasteiger partial charge is 0.478 e. The smallest absolute Gasteiger partial charge is 0.336 e. The molecule has 1 aromatic carbocycles. The van der Waals surface area contributed by atoms with Crippen molar-refractivity contribution in [1.82, 2.24) is 4.90 Å². The summed E-state index contributed by atoms with van der Waals surface area (Å²) in [6, 6.07) is 4.79. The first-order chi connectivity index (χ1) is 10.0. The van der Waals surface area contributed by atoms with E-state index in [-0.39, 0.29) is 11.6 Å². The maximum absolute atomic E-state index is 12.3. The molecular weight excluding hydrogens is 288 g/mol. The Kier molecular flexibility index (Phi) is 5.12. The van der Waals surface area contributed by atoms with Gasteiger partial charge in [-0.25, -0.2) is 9.59 Å². The highest BCUT2D eigenvalue weighted by molar-refractivity contribution is 8.00. The molecule has 0 spiro atoms. The normalized spacial score (nSPS) is 18.4. The highest BCUT2D eigenvalue weighted by Crippen LogP contribution is 2.22. The quantitative estimate of drug-likeness (QED) is 0.900. The highest BCUT2D eigenvalue weighted by Gasteiger charge is 2.23. The topological polar surface area (TPSA) is 69.6 Å². The molecule has 1 aliphatic heterocycles. The van der Waals surface area contributed by atoms with Crippen molar-refractivity contribution in [2.24, 2.45) is 0 Å². The number of nitrogens with one attached hydrogen (secondary N) is 1. The van der Waals surface area contributed by atoms with Crippen LogP contribution in [0.25, 0.3) is 0 Å². The summed E-state index contributed by atoms with van der Waals surface area (Å²) in [6.45, 7) is 5.33. The number of hydrogen-bond acceptors (Lipinski definition) is 3. The fourth-order valence-corrected chi connectivity index (χ4v) is 3.46. The van der Waals surface area contributed by atoms with Gasteiger partial charge in [0.15, 0.2) is 0 Å². The first-order valence-electron chi connectivity index (χ1n) is 7.02. The number of nitrogens with zero attached hydrogens (tertiary/aromatic N) is 1. The number of carboxylic acid groups (broad SMARTS) is 1. The Labute approximate surface area is 128 Å². The molecule has 21 heavy (non-hydrogen) atoms. The van der Waals surface area contributed by atoms with Crippen LogP contribution in [0.15, 0.2) is 18.2 Å². The molecule has 6 heteroatoms. The molecule has 0 radical (unpaired) electrons. The van der Waals surface area contributed by atoms with Crippen LogP contribution in [0.2, 0.25) is 0 Å². The number of amides is 2. The second-order valence-electron chi connectivity index (χ2n) is 5.11. The van der Waals surface area contributed by atoms with E-state index in [9.17, 15) is 9.59 Å². The molecule has 0 aliphatic carbocycles. The predicted molar refractivity (Wildman–Crippen MR) is 85.3 cm³/mol. The molecule has 1 atom stereocenters. The average Bonchev–Trinajstić information content (AvgIpc) is 2.49. The standard InChI is InChI=1S/C15H20N2O3S/c1-3-12-9-17(6-7-21-12)15(20)16-11-5-4-10(2)13(8-11)14(18)19/h4-5,8,12H,3,6-7,9H2,1-2H3,(H,16,20)(H,18,19). The minimum Gasteiger partial charge on any atom is -0.478 e. The van der Waals surface area contributed by atoms with E-state index in [4.69, 9.17) is 5.11 Å². The molecule has 1 fully saturated rings. The number of rotatable bonds is 3. The van der Waals surface area contributed by atoms with Gasteiger partial charge < -0.3 is 15.3 Å². The fourth-order valence-electron chi connectivity index (χ4n) is 2.28. The van der Waals surface area contributed by atoms with Crippen molar-refractivity contribution >= 4 is 29.4 Å². The van der Waals surface area contributed by atoms with Crippen molar-refractivity contribution in [2.75, 3.05) is 24.2 Å². The van der Waals surface area contributed by atoms with Crippen molar-refractivity contribution in [1.29, 1.82) is 0 Å². The van der Waals surface area contributed by atoms with Crippen LogP contribution in [0, 0.1) is 6.92 Å². The van der Waals surface area contributed by atoms with Gasteiger partial charge in [-0.1, -0.05) is 13.0 Å². The van der Waals surface area contributed by atoms with Crippen LogP contribution in [-0.4, -0.2) is 46.1 Å². The molecule has 2 amide bonds. The van der Waals surface area contributed by atoms with E-state index >= 15 is 0 Å². The highest BCUT2D eigenvalue weighted by atomic mass is 32.2. The number of urea groups is 1. The number of thioether (sulfide) groups is 1. The van der Waals surface area contributed by atoms with Crippen molar-refractivity contribution < 1.29 is 14.7 Å². The number of anilines is 1. The SMILES string of the molecule is CCC1CN(C(=O)Nc2ccc(C)c(C(=O)O)c2)CCS1. The van der Waals surface area contributed by atoms with E-state index in [0.29, 0.717) is 16.5 Å². The molecule has 1 saturated heterocycles. The van der Waals surface area contributed by atoms with Crippen LogP contribution in [0.1, 0.15) is 29.3 Å². The van der Waals surface area contributed by atoms with Gasteiger partial charge in [0.05, 0.1) is 5.56 Å². The third-order valence-electron chi connectivity index (χ3n) is 3.60. The molecule has 2 N–H and O–H groups in total. The summed E-state index contributed by atoms with van der Waals surface area (Å²) in [5.74, 6) is -0.0377. The summed E-state index contributed by atoms with van der Waals surface area (Å²) in [5.41, 5.74) is 1.42. The van der Waals surface area contributed by atoms with Crippen molar-refractivity contribution in [3.63, 3.8) is 0 Å². The molecule has 0 saturated carbocycles. The zero-order valence-corrected chi connectivity index (χ0v) is 13.1. The Morgan fingerprint density at radius 3 is 2.90 bits per heavy atom. The van der Waals surface area contributed by atoms with Gasteiger partial charge in [-0.05, 0) is 31.0 Å². The third kappa shape index (κ3) is 3.91. The van der Waals surface area contributed by atoms with Crippen LogP contribution < -0.4 is 5.32 Å². The van der Waals surface area contributed by atoms with Crippen LogP contribution in [-0.2, 0) is 0 Å². The van der Waals surface area contributed by atoms with Gasteiger partial charge in [-0.15, -0.1) is 0 Å². The van der Waals surface area contributed by atoms with Gasteiger partial charge in [0.2, 0.25) is 0 Å². The number of carbonyl (C=O) groups excluding carboxylic acids is 1. The second kappa shape index (κ2) is 6.85. The Bertz CT molecular complexity index is 548. The number of benzene rings is 1. The Morgan fingerprint density at radius 1 is 1.48 bits per heavy atom. The molecular formula is C15H20N2O3S. The van der Waals surface area contributed by atoms with Crippen LogP contribution in [0.4, 0.5) is 10.5 Å². The fraction of sp³-hybridized carbons (Fsp3) is 0.467. The molecule has 1 heterocycles. The summed E-state index contributed by atoms with van der Waals surface area (Å²) in [6.07, 6.45) is 1.04. The molecule has 0 bridgehead atoms. The van der Waals surface area contributed by atoms with E-state index in [1.807, 2.05) is 11.8 Å². The summed E-state index contributed by atoms with van der Waals surface area (Å²) in [4.78, 5) is 25.2. The summed E-state index contributed by atoms with van der Waals surface area (Å²) >= 11 is 1.90. The van der Waals surface area contributed by atoms with E-state index in [1.165, 1.54) is 6.07 Å². The molecule has 1 aromatic rings. The summed E-state index contributed by atoms with van der Waals surface area (Å²) in [5, 5.41) is 12.4. The van der Waals surface area contributed by atoms with E-state index in [0.717, 1.165) is 25.3 Å². The van der Waals surface area contributed by atoms with Gasteiger partial charge in [0.25, 0.3) is 0 Å². The molecule has 5 nitrogen and oxygen atoms in total. The second-order valence-corrected chi connectivity index (χ2v) is 6.52. The van der Waals surface area contributed by atoms with Crippen molar-refractivity contribution in [3.8, 4) is 0 Å². The molecule has 2 rings (SSSR count). The number of carboxylic acids is 1. The Morgan fingerprint density at radius 2 is 2.24 bits per heavy atom. The first kappa shape index (κ1) is 15.7. The van der Waals surface area contributed by atoms with Crippen molar-refractivity contribution in [3.05, 3.63) is 29.3 Å². The van der Waals surface area contributed by atoms with E-state index in [1.54, 1.807) is 24.0 Å². The minimum absolute atomic E-state index is 0.158. The van der Waals surface area contributed by atoms with Crippen LogP contribution >= 0.6 is 11.8 Å². The zero-order chi connectivity index (χ0) is 15.4. The maximum atomic E-state index is 12.3. The lowest BCUT2D eigenvalue weighted by Crippen LogP contribution is -2.44. The molecule has 1 aliphatic rings. The van der Waals surface area contributed by atoms with Gasteiger partial charge >= 0.3 is 12.0 Å². The first-order valence-corrected chi connectivity index (χ1v) is 8.07. The monoisotopic (exact) mass is 308 g/mol. The lowest BCUT2D eigenvalue weighted by Gasteiger charge is -2.31. The van der Waals surface area contributed by atoms with Crippen LogP contribution in [0.3, 0.4) is 0 Å². The summed E-state index contributed by atoms with van der Waals surface area (Å²) < 4.78 is 0. The lowest BCUT2D eigenvalue weighted by molar-refractivity contribution is 0.0696. The number of aryl methyl sites for hydroxylation is 1. The predicted octanol–water partition coefficient (Wildman–Crippen LogP) is 3.05. The third-order valence-corrected chi connectivity index (χ3v) is 4.97.